The first-order valence-corrected chi connectivity index (χ1v) is 7.37. The van der Waals surface area contributed by atoms with Crippen LogP contribution in [0.15, 0.2) is 0 Å². The minimum atomic E-state index is 0.618. The molecule has 0 atom stereocenters. The average Bonchev–Trinajstić information content (AvgIpc) is 3.15. The standard InChI is InChI=1S/C14H24N4/c1-10-16-17-14(18(10)9-12-2-3-12)13-6-4-11(8-15)5-7-13/h11-13H,2-9,15H2,1H3. The van der Waals surface area contributed by atoms with Gasteiger partial charge in [-0.3, -0.25) is 0 Å². The summed E-state index contributed by atoms with van der Waals surface area (Å²) in [6.07, 6.45) is 7.77. The van der Waals surface area contributed by atoms with Gasteiger partial charge in [0.05, 0.1) is 0 Å². The van der Waals surface area contributed by atoms with E-state index < -0.39 is 0 Å². The van der Waals surface area contributed by atoms with Crippen LogP contribution in [0.3, 0.4) is 0 Å². The molecule has 18 heavy (non-hydrogen) atoms. The van der Waals surface area contributed by atoms with Gasteiger partial charge >= 0.3 is 0 Å². The van der Waals surface area contributed by atoms with Gasteiger partial charge in [0.25, 0.3) is 0 Å². The topological polar surface area (TPSA) is 56.7 Å². The Balaban J connectivity index is 1.71. The molecule has 3 rings (SSSR count). The lowest BCUT2D eigenvalue weighted by Gasteiger charge is -2.27. The second kappa shape index (κ2) is 5.00. The van der Waals surface area contributed by atoms with Crippen molar-refractivity contribution >= 4 is 0 Å². The van der Waals surface area contributed by atoms with Crippen molar-refractivity contribution in [1.82, 2.24) is 14.8 Å². The molecule has 2 aliphatic carbocycles. The summed E-state index contributed by atoms with van der Waals surface area (Å²) in [7, 11) is 0. The van der Waals surface area contributed by atoms with Gasteiger partial charge in [0.1, 0.15) is 11.6 Å². The fraction of sp³-hybridized carbons (Fsp3) is 0.857. The molecule has 0 bridgehead atoms. The number of aromatic nitrogens is 3. The third-order valence-corrected chi connectivity index (χ3v) is 4.65. The third-order valence-electron chi connectivity index (χ3n) is 4.65. The molecule has 4 heteroatoms. The zero-order valence-corrected chi connectivity index (χ0v) is 11.3. The summed E-state index contributed by atoms with van der Waals surface area (Å²) >= 11 is 0. The molecule has 0 spiro atoms. The van der Waals surface area contributed by atoms with E-state index in [-0.39, 0.29) is 0 Å². The minimum absolute atomic E-state index is 0.618. The molecule has 2 aliphatic rings. The maximum Gasteiger partial charge on any atom is 0.136 e. The minimum Gasteiger partial charge on any atom is -0.330 e. The molecule has 4 nitrogen and oxygen atoms in total. The largest absolute Gasteiger partial charge is 0.330 e. The molecule has 0 amide bonds. The van der Waals surface area contributed by atoms with Gasteiger partial charge in [-0.05, 0) is 63.8 Å². The number of nitrogens with two attached hydrogens (primary N) is 1. The van der Waals surface area contributed by atoms with E-state index in [0.717, 1.165) is 30.7 Å². The van der Waals surface area contributed by atoms with Gasteiger partial charge in [-0.1, -0.05) is 0 Å². The average molecular weight is 248 g/mol. The highest BCUT2D eigenvalue weighted by molar-refractivity contribution is 5.04. The molecule has 0 saturated heterocycles. The highest BCUT2D eigenvalue weighted by atomic mass is 15.3. The van der Waals surface area contributed by atoms with Crippen LogP contribution < -0.4 is 5.73 Å². The molecular weight excluding hydrogens is 224 g/mol. The Morgan fingerprint density at radius 3 is 2.33 bits per heavy atom. The van der Waals surface area contributed by atoms with E-state index in [2.05, 4.69) is 21.7 Å². The quantitative estimate of drug-likeness (QED) is 0.889. The molecular formula is C14H24N4. The van der Waals surface area contributed by atoms with Crippen LogP contribution in [0.2, 0.25) is 0 Å². The Bertz CT molecular complexity index is 400. The Morgan fingerprint density at radius 2 is 1.72 bits per heavy atom. The summed E-state index contributed by atoms with van der Waals surface area (Å²) in [6, 6.07) is 0. The van der Waals surface area contributed by atoms with Crippen LogP contribution in [0, 0.1) is 18.8 Å². The molecule has 2 saturated carbocycles. The molecule has 0 aliphatic heterocycles. The lowest BCUT2D eigenvalue weighted by molar-refractivity contribution is 0.318. The fourth-order valence-electron chi connectivity index (χ4n) is 3.14. The first-order valence-electron chi connectivity index (χ1n) is 7.37. The molecule has 0 unspecified atom stereocenters. The van der Waals surface area contributed by atoms with E-state index in [0.29, 0.717) is 5.92 Å². The number of nitrogens with zero attached hydrogens (tertiary/aromatic N) is 3. The number of hydrogen-bond donors (Lipinski definition) is 1. The molecule has 1 aromatic rings. The lowest BCUT2D eigenvalue weighted by Crippen LogP contribution is -2.22. The third kappa shape index (κ3) is 2.44. The van der Waals surface area contributed by atoms with Gasteiger partial charge in [-0.15, -0.1) is 10.2 Å². The smallest absolute Gasteiger partial charge is 0.136 e. The van der Waals surface area contributed by atoms with Gasteiger partial charge in [0.15, 0.2) is 0 Å². The maximum atomic E-state index is 5.76. The van der Waals surface area contributed by atoms with Crippen LogP contribution in [0.25, 0.3) is 0 Å². The lowest BCUT2D eigenvalue weighted by atomic mass is 9.81. The van der Waals surface area contributed by atoms with Crippen molar-refractivity contribution in [2.45, 2.75) is 57.9 Å². The van der Waals surface area contributed by atoms with Crippen molar-refractivity contribution < 1.29 is 0 Å². The van der Waals surface area contributed by atoms with Crippen LogP contribution in [0.4, 0.5) is 0 Å². The zero-order chi connectivity index (χ0) is 12.5. The molecule has 1 heterocycles. The van der Waals surface area contributed by atoms with E-state index in [1.807, 2.05) is 0 Å². The van der Waals surface area contributed by atoms with Gasteiger partial charge in [0, 0.05) is 12.5 Å². The molecule has 2 fully saturated rings. The van der Waals surface area contributed by atoms with Crippen LogP contribution in [0.1, 0.15) is 56.1 Å². The second-order valence-electron chi connectivity index (χ2n) is 6.11. The van der Waals surface area contributed by atoms with E-state index in [1.54, 1.807) is 0 Å². The van der Waals surface area contributed by atoms with Crippen molar-refractivity contribution in [2.24, 2.45) is 17.6 Å². The van der Waals surface area contributed by atoms with Crippen molar-refractivity contribution in [3.8, 4) is 0 Å². The Labute approximate surface area is 109 Å². The summed E-state index contributed by atoms with van der Waals surface area (Å²) in [6.45, 7) is 4.08. The summed E-state index contributed by atoms with van der Waals surface area (Å²) in [5, 5.41) is 8.75. The van der Waals surface area contributed by atoms with Crippen molar-refractivity contribution in [3.63, 3.8) is 0 Å². The summed E-state index contributed by atoms with van der Waals surface area (Å²) in [5.41, 5.74) is 5.76. The van der Waals surface area contributed by atoms with Crippen molar-refractivity contribution in [3.05, 3.63) is 11.6 Å². The monoisotopic (exact) mass is 248 g/mol. The zero-order valence-electron chi connectivity index (χ0n) is 11.3. The van der Waals surface area contributed by atoms with E-state index in [9.17, 15) is 0 Å². The molecule has 1 aromatic heterocycles. The van der Waals surface area contributed by atoms with E-state index >= 15 is 0 Å². The summed E-state index contributed by atoms with van der Waals surface area (Å²) in [5.74, 6) is 4.58. The van der Waals surface area contributed by atoms with Crippen LogP contribution in [0.5, 0.6) is 0 Å². The first kappa shape index (κ1) is 12.2. The number of rotatable bonds is 4. The Kier molecular flexibility index (Phi) is 3.37. The van der Waals surface area contributed by atoms with Gasteiger partial charge in [-0.2, -0.15) is 0 Å². The number of hydrogen-bond acceptors (Lipinski definition) is 3. The van der Waals surface area contributed by atoms with Crippen molar-refractivity contribution in [1.29, 1.82) is 0 Å². The van der Waals surface area contributed by atoms with Crippen LogP contribution in [-0.4, -0.2) is 21.3 Å². The predicted octanol–water partition coefficient (Wildman–Crippen LogP) is 2.23. The van der Waals surface area contributed by atoms with Gasteiger partial charge in [0.2, 0.25) is 0 Å². The highest BCUT2D eigenvalue weighted by Gasteiger charge is 2.29. The summed E-state index contributed by atoms with van der Waals surface area (Å²) in [4.78, 5) is 0. The maximum absolute atomic E-state index is 5.76. The van der Waals surface area contributed by atoms with Gasteiger partial charge < -0.3 is 10.3 Å². The van der Waals surface area contributed by atoms with E-state index in [4.69, 9.17) is 5.73 Å². The Morgan fingerprint density at radius 1 is 1.06 bits per heavy atom. The fourth-order valence-corrected chi connectivity index (χ4v) is 3.14. The van der Waals surface area contributed by atoms with Crippen LogP contribution >= 0.6 is 0 Å². The van der Waals surface area contributed by atoms with Crippen molar-refractivity contribution in [2.75, 3.05) is 6.54 Å². The normalized spacial score (nSPS) is 28.6. The Hall–Kier alpha value is -0.900. The molecule has 0 aromatic carbocycles. The summed E-state index contributed by atoms with van der Waals surface area (Å²) < 4.78 is 2.38. The molecule has 100 valence electrons. The van der Waals surface area contributed by atoms with Crippen LogP contribution in [-0.2, 0) is 6.54 Å². The first-order chi connectivity index (χ1) is 8.78. The number of aryl methyl sites for hydroxylation is 1. The predicted molar refractivity (Wildman–Crippen MR) is 71.2 cm³/mol. The SMILES string of the molecule is Cc1nnc(C2CCC(CN)CC2)n1CC1CC1. The van der Waals surface area contributed by atoms with Gasteiger partial charge in [-0.25, -0.2) is 0 Å². The second-order valence-corrected chi connectivity index (χ2v) is 6.11. The highest BCUT2D eigenvalue weighted by Crippen LogP contribution is 2.37. The molecule has 2 N–H and O–H groups in total. The molecule has 0 radical (unpaired) electrons. The van der Waals surface area contributed by atoms with E-state index in [1.165, 1.54) is 44.3 Å².